The monoisotopic (exact) mass is 289 g/mol. The fourth-order valence-corrected chi connectivity index (χ4v) is 2.52. The number of hydrogen-bond donors (Lipinski definition) is 2. The Bertz CT molecular complexity index is 779. The first-order valence-corrected chi connectivity index (χ1v) is 6.77. The van der Waals surface area contributed by atoms with Gasteiger partial charge in [0.1, 0.15) is 0 Å². The van der Waals surface area contributed by atoms with Crippen LogP contribution in [-0.2, 0) is 0 Å². The van der Waals surface area contributed by atoms with E-state index < -0.39 is 0 Å². The Hall–Kier alpha value is -2.48. The van der Waals surface area contributed by atoms with Gasteiger partial charge in [0.15, 0.2) is 5.13 Å². The summed E-state index contributed by atoms with van der Waals surface area (Å²) in [7, 11) is 0. The zero-order chi connectivity index (χ0) is 14.1. The molecule has 1 aromatic carbocycles. The van der Waals surface area contributed by atoms with E-state index in [1.54, 1.807) is 6.07 Å². The average molecular weight is 289 g/mol. The van der Waals surface area contributed by atoms with Crippen molar-refractivity contribution in [2.24, 2.45) is 0 Å². The van der Waals surface area contributed by atoms with Gasteiger partial charge in [-0.3, -0.25) is 4.79 Å². The molecule has 2 heterocycles. The first-order chi connectivity index (χ1) is 9.67. The Balaban J connectivity index is 1.96. The summed E-state index contributed by atoms with van der Waals surface area (Å²) in [5, 5.41) is 6.78. The van der Waals surface area contributed by atoms with Crippen LogP contribution in [0.3, 0.4) is 0 Å². The molecule has 3 rings (SSSR count). The number of carbonyl (C=O) groups is 1. The van der Waals surface area contributed by atoms with Crippen LogP contribution < -0.4 is 11.1 Å². The van der Waals surface area contributed by atoms with Gasteiger partial charge in [0.2, 0.25) is 0 Å². The molecule has 0 saturated heterocycles. The van der Waals surface area contributed by atoms with Gasteiger partial charge in [-0.05, 0) is 25.1 Å². The average Bonchev–Trinajstić information content (AvgIpc) is 3.02. The number of hydrogen-bond acceptors (Lipinski definition) is 7. The third-order valence-electron chi connectivity index (χ3n) is 2.62. The Morgan fingerprint density at radius 3 is 3.10 bits per heavy atom. The number of nitrogens with two attached hydrogens (primary N) is 1. The summed E-state index contributed by atoms with van der Waals surface area (Å²) >= 11 is 1.38. The number of nitrogens with zero attached hydrogens (tertiary/aromatic N) is 3. The second kappa shape index (κ2) is 4.89. The van der Waals surface area contributed by atoms with Gasteiger partial charge in [0, 0.05) is 12.1 Å². The Labute approximate surface area is 117 Å². The Morgan fingerprint density at radius 1 is 1.45 bits per heavy atom. The van der Waals surface area contributed by atoms with E-state index in [2.05, 4.69) is 20.4 Å². The van der Waals surface area contributed by atoms with Crippen molar-refractivity contribution in [3.63, 3.8) is 0 Å². The summed E-state index contributed by atoms with van der Waals surface area (Å²) in [6.45, 7) is 2.33. The van der Waals surface area contributed by atoms with Crippen LogP contribution in [0.25, 0.3) is 21.7 Å². The number of anilines is 1. The number of thiazole rings is 1. The van der Waals surface area contributed by atoms with Crippen molar-refractivity contribution in [1.82, 2.24) is 20.4 Å². The van der Waals surface area contributed by atoms with Crippen LogP contribution in [0.15, 0.2) is 22.7 Å². The molecule has 0 aliphatic rings. The zero-order valence-electron chi connectivity index (χ0n) is 10.6. The quantitative estimate of drug-likeness (QED) is 0.759. The molecule has 0 saturated carbocycles. The molecule has 3 N–H and O–H groups in total. The van der Waals surface area contributed by atoms with Crippen LogP contribution in [0, 0.1) is 0 Å². The van der Waals surface area contributed by atoms with Gasteiger partial charge in [-0.1, -0.05) is 16.5 Å². The Morgan fingerprint density at radius 2 is 2.30 bits per heavy atom. The van der Waals surface area contributed by atoms with Crippen LogP contribution in [-0.4, -0.2) is 27.6 Å². The molecule has 0 aliphatic carbocycles. The third kappa shape index (κ3) is 2.21. The van der Waals surface area contributed by atoms with E-state index in [-0.39, 0.29) is 11.7 Å². The lowest BCUT2D eigenvalue weighted by atomic mass is 10.2. The van der Waals surface area contributed by atoms with Crippen molar-refractivity contribution in [2.75, 3.05) is 12.3 Å². The predicted octanol–water partition coefficient (Wildman–Crippen LogP) is 1.68. The molecule has 0 aliphatic heterocycles. The first-order valence-electron chi connectivity index (χ1n) is 5.95. The number of nitrogens with one attached hydrogen (secondary N) is 1. The van der Waals surface area contributed by atoms with E-state index in [1.807, 2.05) is 19.1 Å². The highest BCUT2D eigenvalue weighted by atomic mass is 32.1. The van der Waals surface area contributed by atoms with E-state index in [4.69, 9.17) is 10.3 Å². The van der Waals surface area contributed by atoms with Crippen LogP contribution in [0.4, 0.5) is 5.13 Å². The molecule has 1 amide bonds. The molecular formula is C12H11N5O2S. The van der Waals surface area contributed by atoms with Crippen molar-refractivity contribution < 1.29 is 9.32 Å². The second-order valence-electron chi connectivity index (χ2n) is 4.02. The maximum atomic E-state index is 11.6. The van der Waals surface area contributed by atoms with E-state index >= 15 is 0 Å². The van der Waals surface area contributed by atoms with Crippen LogP contribution in [0.1, 0.15) is 17.5 Å². The van der Waals surface area contributed by atoms with E-state index in [0.29, 0.717) is 17.6 Å². The number of fused-ring (bicyclic) bond motifs is 1. The molecule has 0 unspecified atom stereocenters. The third-order valence-corrected chi connectivity index (χ3v) is 3.47. The molecule has 7 nitrogen and oxygen atoms in total. The van der Waals surface area contributed by atoms with Crippen molar-refractivity contribution in [3.8, 4) is 11.5 Å². The summed E-state index contributed by atoms with van der Waals surface area (Å²) < 4.78 is 6.03. The highest BCUT2D eigenvalue weighted by molar-refractivity contribution is 7.22. The van der Waals surface area contributed by atoms with Gasteiger partial charge in [0.25, 0.3) is 17.6 Å². The summed E-state index contributed by atoms with van der Waals surface area (Å²) in [6.07, 6.45) is 0. The van der Waals surface area contributed by atoms with Gasteiger partial charge >= 0.3 is 0 Å². The number of carbonyl (C=O) groups excluding carboxylic acids is 1. The molecule has 0 bridgehead atoms. The lowest BCUT2D eigenvalue weighted by Crippen LogP contribution is -2.23. The van der Waals surface area contributed by atoms with Crippen LogP contribution in [0.2, 0.25) is 0 Å². The first kappa shape index (κ1) is 12.5. The molecule has 0 radical (unpaired) electrons. The molecular weight excluding hydrogens is 278 g/mol. The predicted molar refractivity (Wildman–Crippen MR) is 75.3 cm³/mol. The van der Waals surface area contributed by atoms with Crippen molar-refractivity contribution in [1.29, 1.82) is 0 Å². The number of amides is 1. The number of benzene rings is 1. The topological polar surface area (TPSA) is 107 Å². The normalized spacial score (nSPS) is 10.8. The summed E-state index contributed by atoms with van der Waals surface area (Å²) in [5.74, 6) is -0.0449. The molecule has 8 heteroatoms. The van der Waals surface area contributed by atoms with Gasteiger partial charge in [-0.2, -0.15) is 4.98 Å². The number of rotatable bonds is 3. The van der Waals surface area contributed by atoms with Gasteiger partial charge in [-0.25, -0.2) is 4.98 Å². The summed E-state index contributed by atoms with van der Waals surface area (Å²) in [4.78, 5) is 19.8. The van der Waals surface area contributed by atoms with Crippen LogP contribution in [0.5, 0.6) is 0 Å². The van der Waals surface area contributed by atoms with Crippen molar-refractivity contribution in [3.05, 3.63) is 24.0 Å². The molecule has 0 spiro atoms. The van der Waals surface area contributed by atoms with Gasteiger partial charge in [-0.15, -0.1) is 0 Å². The fraction of sp³-hybridized carbons (Fsp3) is 0.167. The minimum absolute atomic E-state index is 0.0192. The fourth-order valence-electron chi connectivity index (χ4n) is 1.75. The summed E-state index contributed by atoms with van der Waals surface area (Å²) in [6, 6.07) is 5.49. The highest BCUT2D eigenvalue weighted by Gasteiger charge is 2.15. The molecule has 0 fully saturated rings. The van der Waals surface area contributed by atoms with Gasteiger partial charge < -0.3 is 15.6 Å². The number of aromatic nitrogens is 3. The molecule has 20 heavy (non-hydrogen) atoms. The maximum absolute atomic E-state index is 11.6. The molecule has 3 aromatic rings. The van der Waals surface area contributed by atoms with Crippen molar-refractivity contribution in [2.45, 2.75) is 6.92 Å². The zero-order valence-corrected chi connectivity index (χ0v) is 11.4. The van der Waals surface area contributed by atoms with Crippen LogP contribution >= 0.6 is 11.3 Å². The minimum Gasteiger partial charge on any atom is -0.375 e. The number of nitrogen functional groups attached to an aromatic ring is 1. The summed E-state index contributed by atoms with van der Waals surface area (Å²) in [5.41, 5.74) is 7.20. The molecule has 102 valence electrons. The van der Waals surface area contributed by atoms with E-state index in [9.17, 15) is 4.79 Å². The Kier molecular flexibility index (Phi) is 3.07. The lowest BCUT2D eigenvalue weighted by Gasteiger charge is -1.94. The van der Waals surface area contributed by atoms with E-state index in [1.165, 1.54) is 11.3 Å². The van der Waals surface area contributed by atoms with E-state index in [0.717, 1.165) is 15.8 Å². The SMILES string of the molecule is CCNC(=O)c1noc(-c2ccc3nc(N)sc3c2)n1. The molecule has 0 atom stereocenters. The largest absolute Gasteiger partial charge is 0.375 e. The minimum atomic E-state index is -0.356. The highest BCUT2D eigenvalue weighted by Crippen LogP contribution is 2.28. The lowest BCUT2D eigenvalue weighted by molar-refractivity contribution is 0.0942. The van der Waals surface area contributed by atoms with Crippen molar-refractivity contribution >= 4 is 32.6 Å². The molecule has 2 aromatic heterocycles. The smallest absolute Gasteiger partial charge is 0.292 e. The van der Waals surface area contributed by atoms with Gasteiger partial charge in [0.05, 0.1) is 10.2 Å². The maximum Gasteiger partial charge on any atom is 0.292 e. The standard InChI is InChI=1S/C12H11N5O2S/c1-2-14-10(18)9-16-11(19-17-9)6-3-4-7-8(5-6)20-12(13)15-7/h3-5H,2H2,1H3,(H2,13,15)(H,14,18). The second-order valence-corrected chi connectivity index (χ2v) is 5.08.